The Bertz CT molecular complexity index is 685. The first-order valence-electron chi connectivity index (χ1n) is 6.22. The Morgan fingerprint density at radius 2 is 2.30 bits per heavy atom. The highest BCUT2D eigenvalue weighted by Gasteiger charge is 2.13. The fourth-order valence-corrected chi connectivity index (χ4v) is 2.07. The third-order valence-corrected chi connectivity index (χ3v) is 2.80. The Hall–Kier alpha value is -2.56. The Labute approximate surface area is 117 Å². The Balaban J connectivity index is 2.54. The van der Waals surface area contributed by atoms with Crippen LogP contribution in [0.1, 0.15) is 12.6 Å². The highest BCUT2D eigenvalue weighted by Crippen LogP contribution is 2.22. The first kappa shape index (κ1) is 13.9. The van der Waals surface area contributed by atoms with Gasteiger partial charge in [0.15, 0.2) is 5.82 Å². The molecule has 0 fully saturated rings. The number of aromatic nitrogens is 2. The van der Waals surface area contributed by atoms with Crippen LogP contribution in [0.15, 0.2) is 42.6 Å². The van der Waals surface area contributed by atoms with Gasteiger partial charge in [-0.1, -0.05) is 18.2 Å². The molecule has 20 heavy (non-hydrogen) atoms. The maximum Gasteiger partial charge on any atom is 0.328 e. The molecule has 0 aliphatic carbocycles. The molecule has 0 atom stereocenters. The maximum absolute atomic E-state index is 10.7. The van der Waals surface area contributed by atoms with Gasteiger partial charge in [-0.05, 0) is 25.1 Å². The molecule has 0 unspecified atom stereocenters. The van der Waals surface area contributed by atoms with Crippen LogP contribution >= 0.6 is 0 Å². The van der Waals surface area contributed by atoms with E-state index in [1.54, 1.807) is 6.08 Å². The molecular weight excluding hydrogens is 254 g/mol. The molecule has 2 aromatic rings. The number of pyridine rings is 1. The number of carboxylic acid groups (broad SMARTS) is 1. The van der Waals surface area contributed by atoms with Crippen LogP contribution in [0.2, 0.25) is 0 Å². The van der Waals surface area contributed by atoms with Crippen molar-refractivity contribution in [2.24, 2.45) is 0 Å². The maximum atomic E-state index is 10.7. The van der Waals surface area contributed by atoms with Crippen molar-refractivity contribution in [3.8, 4) is 0 Å². The summed E-state index contributed by atoms with van der Waals surface area (Å²) in [6.07, 6.45) is 4.54. The van der Waals surface area contributed by atoms with Crippen LogP contribution in [0.5, 0.6) is 0 Å². The number of hydrogen-bond acceptors (Lipinski definition) is 3. The smallest absolute Gasteiger partial charge is 0.328 e. The fourth-order valence-electron chi connectivity index (χ4n) is 2.07. The normalized spacial score (nSPS) is 11.1. The molecule has 0 saturated carbocycles. The van der Waals surface area contributed by atoms with Crippen molar-refractivity contribution in [1.82, 2.24) is 9.38 Å². The van der Waals surface area contributed by atoms with Crippen LogP contribution in [0.25, 0.3) is 11.7 Å². The molecule has 104 valence electrons. The molecule has 0 aliphatic heterocycles. The van der Waals surface area contributed by atoms with E-state index in [2.05, 4.69) is 11.6 Å². The van der Waals surface area contributed by atoms with Gasteiger partial charge in [0.2, 0.25) is 0 Å². The molecule has 0 radical (unpaired) electrons. The number of hydrogen-bond donors (Lipinski definition) is 1. The zero-order valence-corrected chi connectivity index (χ0v) is 11.6. The molecule has 5 heteroatoms. The molecule has 0 aliphatic rings. The summed E-state index contributed by atoms with van der Waals surface area (Å²) in [5, 5.41) is 8.82. The predicted octanol–water partition coefficient (Wildman–Crippen LogP) is 2.44. The van der Waals surface area contributed by atoms with E-state index < -0.39 is 5.97 Å². The van der Waals surface area contributed by atoms with Crippen molar-refractivity contribution in [3.63, 3.8) is 0 Å². The van der Waals surface area contributed by atoms with Crippen molar-refractivity contribution in [3.05, 3.63) is 48.3 Å². The second-order valence-corrected chi connectivity index (χ2v) is 4.73. The van der Waals surface area contributed by atoms with Gasteiger partial charge in [0.25, 0.3) is 0 Å². The third kappa shape index (κ3) is 2.88. The number of anilines is 1. The lowest BCUT2D eigenvalue weighted by Crippen LogP contribution is -2.20. The molecule has 0 bridgehead atoms. The number of rotatable bonds is 5. The minimum atomic E-state index is -0.982. The monoisotopic (exact) mass is 271 g/mol. The van der Waals surface area contributed by atoms with Gasteiger partial charge in [0.1, 0.15) is 5.65 Å². The van der Waals surface area contributed by atoms with E-state index in [1.165, 1.54) is 0 Å². The summed E-state index contributed by atoms with van der Waals surface area (Å²) < 4.78 is 1.86. The number of carboxylic acids is 1. The fraction of sp³-hybridized carbons (Fsp3) is 0.200. The van der Waals surface area contributed by atoms with Gasteiger partial charge in [0, 0.05) is 25.9 Å². The van der Waals surface area contributed by atoms with Crippen molar-refractivity contribution < 1.29 is 9.90 Å². The molecule has 0 aromatic carbocycles. The average Bonchev–Trinajstić information content (AvgIpc) is 2.74. The molecule has 2 heterocycles. The van der Waals surface area contributed by atoms with Crippen LogP contribution in [-0.4, -0.2) is 34.1 Å². The molecule has 5 nitrogen and oxygen atoms in total. The molecule has 1 N–H and O–H groups in total. The van der Waals surface area contributed by atoms with E-state index in [0.29, 0.717) is 6.54 Å². The summed E-state index contributed by atoms with van der Waals surface area (Å²) in [6.45, 7) is 6.50. The number of aliphatic carboxylic acids is 1. The second-order valence-electron chi connectivity index (χ2n) is 4.73. The van der Waals surface area contributed by atoms with Crippen molar-refractivity contribution in [2.75, 3.05) is 18.5 Å². The Morgan fingerprint density at radius 3 is 2.95 bits per heavy atom. The van der Waals surface area contributed by atoms with Gasteiger partial charge < -0.3 is 10.0 Å². The van der Waals surface area contributed by atoms with E-state index in [-0.39, 0.29) is 0 Å². The lowest BCUT2D eigenvalue weighted by Gasteiger charge is -2.17. The van der Waals surface area contributed by atoms with E-state index in [9.17, 15) is 4.79 Å². The van der Waals surface area contributed by atoms with Gasteiger partial charge in [-0.2, -0.15) is 0 Å². The van der Waals surface area contributed by atoms with Crippen molar-refractivity contribution in [1.29, 1.82) is 0 Å². The number of nitrogens with zero attached hydrogens (tertiary/aromatic N) is 3. The first-order valence-corrected chi connectivity index (χ1v) is 6.22. The standard InChI is InChI=1S/C15H17N3O2/c1-11(2)10-17(3)15-12(7-8-14(19)20)18-9-5-4-6-13(18)16-15/h4-9H,1,10H2,2-3H3,(H,19,20)/b8-7+. The van der Waals surface area contributed by atoms with Crippen LogP contribution in [-0.2, 0) is 4.79 Å². The quantitative estimate of drug-likeness (QED) is 0.670. The van der Waals surface area contributed by atoms with Crippen LogP contribution in [0.3, 0.4) is 0 Å². The van der Waals surface area contributed by atoms with E-state index >= 15 is 0 Å². The Kier molecular flexibility index (Phi) is 3.89. The predicted molar refractivity (Wildman–Crippen MR) is 79.9 cm³/mol. The Morgan fingerprint density at radius 1 is 1.55 bits per heavy atom. The molecule has 0 saturated heterocycles. The van der Waals surface area contributed by atoms with Crippen LogP contribution < -0.4 is 4.90 Å². The number of fused-ring (bicyclic) bond motifs is 1. The summed E-state index contributed by atoms with van der Waals surface area (Å²) in [5.74, 6) is -0.249. The topological polar surface area (TPSA) is 57.8 Å². The summed E-state index contributed by atoms with van der Waals surface area (Å²) in [4.78, 5) is 17.2. The molecule has 2 aromatic heterocycles. The van der Waals surface area contributed by atoms with Gasteiger partial charge in [-0.25, -0.2) is 9.78 Å². The SMILES string of the molecule is C=C(C)CN(C)c1nc2ccccn2c1/C=C/C(=O)O. The minimum Gasteiger partial charge on any atom is -0.478 e. The number of imidazole rings is 1. The third-order valence-electron chi connectivity index (χ3n) is 2.80. The van der Waals surface area contributed by atoms with Gasteiger partial charge in [-0.15, -0.1) is 0 Å². The van der Waals surface area contributed by atoms with E-state index in [4.69, 9.17) is 5.11 Å². The molecule has 2 rings (SSSR count). The summed E-state index contributed by atoms with van der Waals surface area (Å²) >= 11 is 0. The van der Waals surface area contributed by atoms with Gasteiger partial charge >= 0.3 is 5.97 Å². The largest absolute Gasteiger partial charge is 0.478 e. The zero-order valence-electron chi connectivity index (χ0n) is 11.6. The van der Waals surface area contributed by atoms with E-state index in [1.807, 2.05) is 47.7 Å². The second kappa shape index (κ2) is 5.61. The summed E-state index contributed by atoms with van der Waals surface area (Å²) in [7, 11) is 1.91. The molecular formula is C15H17N3O2. The van der Waals surface area contributed by atoms with Crippen LogP contribution in [0, 0.1) is 0 Å². The highest BCUT2D eigenvalue weighted by atomic mass is 16.4. The lowest BCUT2D eigenvalue weighted by atomic mass is 10.3. The van der Waals surface area contributed by atoms with Gasteiger partial charge in [0.05, 0.1) is 5.69 Å². The average molecular weight is 271 g/mol. The summed E-state index contributed by atoms with van der Waals surface area (Å²) in [5.41, 5.74) is 2.53. The number of likely N-dealkylation sites (N-methyl/N-ethyl adjacent to an activating group) is 1. The molecule has 0 amide bonds. The van der Waals surface area contributed by atoms with E-state index in [0.717, 1.165) is 28.8 Å². The highest BCUT2D eigenvalue weighted by molar-refractivity contribution is 5.86. The molecule has 0 spiro atoms. The van der Waals surface area contributed by atoms with Crippen molar-refractivity contribution >= 4 is 23.5 Å². The minimum absolute atomic E-state index is 0.664. The summed E-state index contributed by atoms with van der Waals surface area (Å²) in [6, 6.07) is 5.67. The van der Waals surface area contributed by atoms with Gasteiger partial charge in [-0.3, -0.25) is 4.40 Å². The zero-order chi connectivity index (χ0) is 14.7. The lowest BCUT2D eigenvalue weighted by molar-refractivity contribution is -0.131. The number of carbonyl (C=O) groups is 1. The van der Waals surface area contributed by atoms with Crippen molar-refractivity contribution in [2.45, 2.75) is 6.92 Å². The van der Waals surface area contributed by atoms with Crippen LogP contribution in [0.4, 0.5) is 5.82 Å². The first-order chi connectivity index (χ1) is 9.49.